The molecule has 2 N–H and O–H groups in total. The number of amidine groups is 1. The summed E-state index contributed by atoms with van der Waals surface area (Å²) in [6.45, 7) is 0. The largest absolute Gasteiger partial charge is 0.503 e. The number of carbonyl (C=O) groups excluding carboxylic acids is 1. The first-order valence-electron chi connectivity index (χ1n) is 7.08. The number of phenols is 1. The number of hydrogen-bond donors (Lipinski definition) is 2. The lowest BCUT2D eigenvalue weighted by Gasteiger charge is -2.06. The van der Waals surface area contributed by atoms with E-state index in [-0.39, 0.29) is 11.7 Å². The smallest absolute Gasteiger partial charge is 0.264 e. The van der Waals surface area contributed by atoms with Crippen molar-refractivity contribution in [2.45, 2.75) is 0 Å². The van der Waals surface area contributed by atoms with Crippen molar-refractivity contribution in [3.05, 3.63) is 56.4 Å². The van der Waals surface area contributed by atoms with Crippen LogP contribution in [0.3, 0.4) is 0 Å². The van der Waals surface area contributed by atoms with Crippen molar-refractivity contribution in [3.63, 3.8) is 0 Å². The minimum atomic E-state index is -0.235. The fourth-order valence-corrected chi connectivity index (χ4v) is 3.53. The molecule has 1 aliphatic rings. The van der Waals surface area contributed by atoms with Gasteiger partial charge in [0.2, 0.25) is 0 Å². The highest BCUT2D eigenvalue weighted by atomic mass is 79.9. The summed E-state index contributed by atoms with van der Waals surface area (Å²) >= 11 is 10.3. The zero-order chi connectivity index (χ0) is 18.0. The number of methoxy groups -OCH3 is 1. The molecule has 8 heteroatoms. The first kappa shape index (κ1) is 17.8. The Labute approximate surface area is 161 Å². The van der Waals surface area contributed by atoms with Crippen LogP contribution in [0.25, 0.3) is 6.08 Å². The summed E-state index contributed by atoms with van der Waals surface area (Å²) in [7, 11) is 1.46. The zero-order valence-corrected chi connectivity index (χ0v) is 16.1. The number of phenolic OH excluding ortho intramolecular Hbond substituents is 1. The number of thioether (sulfide) groups is 1. The van der Waals surface area contributed by atoms with Crippen LogP contribution >= 0.6 is 39.3 Å². The lowest BCUT2D eigenvalue weighted by molar-refractivity contribution is -0.115. The third kappa shape index (κ3) is 4.18. The number of ether oxygens (including phenoxy) is 1. The molecule has 0 aromatic heterocycles. The van der Waals surface area contributed by atoms with Gasteiger partial charge in [0.15, 0.2) is 16.7 Å². The van der Waals surface area contributed by atoms with Crippen LogP contribution in [0.15, 0.2) is 50.8 Å². The van der Waals surface area contributed by atoms with E-state index in [0.29, 0.717) is 36.6 Å². The zero-order valence-electron chi connectivity index (χ0n) is 12.9. The van der Waals surface area contributed by atoms with Crippen LogP contribution < -0.4 is 10.1 Å². The van der Waals surface area contributed by atoms with E-state index in [2.05, 4.69) is 26.2 Å². The number of aliphatic imine (C=N–C) groups is 1. The van der Waals surface area contributed by atoms with Crippen LogP contribution in [-0.4, -0.2) is 23.3 Å². The average molecular weight is 440 g/mol. The number of benzene rings is 2. The molecule has 1 saturated heterocycles. The van der Waals surface area contributed by atoms with E-state index in [4.69, 9.17) is 16.3 Å². The molecule has 0 bridgehead atoms. The average Bonchev–Trinajstić information content (AvgIpc) is 2.92. The minimum Gasteiger partial charge on any atom is -0.503 e. The van der Waals surface area contributed by atoms with Gasteiger partial charge in [-0.3, -0.25) is 4.79 Å². The molecule has 0 aliphatic carbocycles. The fraction of sp³-hybridized carbons (Fsp3) is 0.0588. The fourth-order valence-electron chi connectivity index (χ4n) is 2.10. The molecule has 5 nitrogen and oxygen atoms in total. The Morgan fingerprint density at radius 2 is 2.04 bits per heavy atom. The highest BCUT2D eigenvalue weighted by Crippen LogP contribution is 2.37. The van der Waals surface area contributed by atoms with Crippen molar-refractivity contribution in [3.8, 4) is 11.5 Å². The van der Waals surface area contributed by atoms with Crippen LogP contribution in [0, 0.1) is 0 Å². The molecule has 1 heterocycles. The van der Waals surface area contributed by atoms with E-state index in [1.165, 1.54) is 18.9 Å². The molecule has 0 radical (unpaired) electrons. The summed E-state index contributed by atoms with van der Waals surface area (Å²) in [5.41, 5.74) is 1.41. The molecule has 0 atom stereocenters. The van der Waals surface area contributed by atoms with Crippen molar-refractivity contribution in [1.29, 1.82) is 0 Å². The second-order valence-electron chi connectivity index (χ2n) is 5.01. The van der Waals surface area contributed by atoms with E-state index < -0.39 is 0 Å². The third-order valence-corrected chi connectivity index (χ3v) is 5.04. The first-order valence-corrected chi connectivity index (χ1v) is 9.06. The van der Waals surface area contributed by atoms with E-state index in [1.54, 1.807) is 42.5 Å². The summed E-state index contributed by atoms with van der Waals surface area (Å²) in [6, 6.07) is 10.4. The lowest BCUT2D eigenvalue weighted by Crippen LogP contribution is -2.19. The number of aromatic hydroxyl groups is 1. The van der Waals surface area contributed by atoms with Gasteiger partial charge >= 0.3 is 0 Å². The molecule has 128 valence electrons. The molecule has 0 saturated carbocycles. The van der Waals surface area contributed by atoms with Crippen LogP contribution in [0.2, 0.25) is 5.02 Å². The van der Waals surface area contributed by atoms with E-state index >= 15 is 0 Å². The Morgan fingerprint density at radius 1 is 1.32 bits per heavy atom. The number of carbonyl (C=O) groups is 1. The van der Waals surface area contributed by atoms with Gasteiger partial charge in [0.1, 0.15) is 0 Å². The number of rotatable bonds is 3. The third-order valence-electron chi connectivity index (χ3n) is 3.28. The monoisotopic (exact) mass is 438 g/mol. The summed E-state index contributed by atoms with van der Waals surface area (Å²) in [5, 5.41) is 13.7. The maximum Gasteiger partial charge on any atom is 0.264 e. The molecule has 1 aliphatic heterocycles. The van der Waals surface area contributed by atoms with Crippen LogP contribution in [0.5, 0.6) is 11.5 Å². The molecule has 1 amide bonds. The van der Waals surface area contributed by atoms with E-state index in [9.17, 15) is 9.90 Å². The summed E-state index contributed by atoms with van der Waals surface area (Å²) < 4.78 is 5.60. The van der Waals surface area contributed by atoms with Gasteiger partial charge in [-0.1, -0.05) is 11.6 Å². The summed E-state index contributed by atoms with van der Waals surface area (Å²) in [5.74, 6) is 0.0960. The number of hydrogen-bond acceptors (Lipinski definition) is 5. The van der Waals surface area contributed by atoms with Gasteiger partial charge in [0, 0.05) is 5.02 Å². The Morgan fingerprint density at radius 3 is 2.72 bits per heavy atom. The number of nitrogens with one attached hydrogen (secondary N) is 1. The molecule has 25 heavy (non-hydrogen) atoms. The van der Waals surface area contributed by atoms with Crippen LogP contribution in [-0.2, 0) is 4.79 Å². The predicted molar refractivity (Wildman–Crippen MR) is 105 cm³/mol. The molecule has 1 fully saturated rings. The highest BCUT2D eigenvalue weighted by molar-refractivity contribution is 9.10. The van der Waals surface area contributed by atoms with Gasteiger partial charge < -0.3 is 15.2 Å². The molecule has 2 aromatic carbocycles. The van der Waals surface area contributed by atoms with E-state index in [1.807, 2.05) is 0 Å². The summed E-state index contributed by atoms with van der Waals surface area (Å²) in [6.07, 6.45) is 1.71. The van der Waals surface area contributed by atoms with Gasteiger partial charge in [0.25, 0.3) is 5.91 Å². The van der Waals surface area contributed by atoms with Gasteiger partial charge in [-0.05, 0) is 75.7 Å². The lowest BCUT2D eigenvalue weighted by atomic mass is 10.2. The van der Waals surface area contributed by atoms with Crippen LogP contribution in [0.1, 0.15) is 5.56 Å². The predicted octanol–water partition coefficient (Wildman–Crippen LogP) is 4.71. The second kappa shape index (κ2) is 7.51. The standard InChI is InChI=1S/C17H12BrClN2O3S/c1-24-13-7-9(6-12(18)15(13)22)8-14-16(23)21-17(25-14)20-11-4-2-10(19)3-5-11/h2-8,22H,1H3,(H,20,21,23)/b14-8+. The quantitative estimate of drug-likeness (QED) is 0.680. The second-order valence-corrected chi connectivity index (χ2v) is 7.33. The number of halogens is 2. The normalized spacial score (nSPS) is 17.2. The molecular weight excluding hydrogens is 428 g/mol. The van der Waals surface area contributed by atoms with E-state index in [0.717, 1.165) is 0 Å². The van der Waals surface area contributed by atoms with Crippen LogP contribution in [0.4, 0.5) is 5.69 Å². The maximum atomic E-state index is 12.1. The molecule has 0 spiro atoms. The van der Waals surface area contributed by atoms with Gasteiger partial charge in [-0.15, -0.1) is 0 Å². The van der Waals surface area contributed by atoms with Crippen molar-refractivity contribution in [2.24, 2.45) is 4.99 Å². The molecule has 3 rings (SSSR count). The van der Waals surface area contributed by atoms with Crippen molar-refractivity contribution < 1.29 is 14.6 Å². The summed E-state index contributed by atoms with van der Waals surface area (Å²) in [4.78, 5) is 17.0. The van der Waals surface area contributed by atoms with Gasteiger partial charge in [0.05, 0.1) is 22.2 Å². The first-order chi connectivity index (χ1) is 12.0. The Bertz CT molecular complexity index is 898. The van der Waals surface area contributed by atoms with Gasteiger partial charge in [-0.25, -0.2) is 4.99 Å². The number of nitrogens with zero attached hydrogens (tertiary/aromatic N) is 1. The van der Waals surface area contributed by atoms with Crippen molar-refractivity contribution >= 4 is 62.1 Å². The van der Waals surface area contributed by atoms with Crippen molar-refractivity contribution in [2.75, 3.05) is 7.11 Å². The molecular formula is C17H12BrClN2O3S. The Hall–Kier alpha value is -1.96. The molecule has 0 unspecified atom stereocenters. The minimum absolute atomic E-state index is 0.0122. The topological polar surface area (TPSA) is 70.9 Å². The Kier molecular flexibility index (Phi) is 5.36. The highest BCUT2D eigenvalue weighted by Gasteiger charge is 2.24. The maximum absolute atomic E-state index is 12.1. The van der Waals surface area contributed by atoms with Crippen molar-refractivity contribution in [1.82, 2.24) is 5.32 Å². The Balaban J connectivity index is 1.86. The molecule has 2 aromatic rings. The number of amides is 1. The SMILES string of the molecule is COc1cc(/C=C2/SC(=Nc3ccc(Cl)cc3)NC2=O)cc(Br)c1O. The van der Waals surface area contributed by atoms with Gasteiger partial charge in [-0.2, -0.15) is 0 Å².